The van der Waals surface area contributed by atoms with Gasteiger partial charge in [-0.25, -0.2) is 0 Å². The summed E-state index contributed by atoms with van der Waals surface area (Å²) in [4.78, 5) is 0. The number of hydrogen-bond acceptors (Lipinski definition) is 3. The number of ether oxygens (including phenoxy) is 1. The van der Waals surface area contributed by atoms with Gasteiger partial charge in [0, 0.05) is 13.0 Å². The number of halogens is 1. The average Bonchev–Trinajstić information content (AvgIpc) is 2.53. The second kappa shape index (κ2) is 6.17. The van der Waals surface area contributed by atoms with Crippen molar-refractivity contribution in [3.8, 4) is 0 Å². The molecule has 1 aromatic heterocycles. The van der Waals surface area contributed by atoms with Crippen molar-refractivity contribution in [2.75, 3.05) is 6.61 Å². The monoisotopic (exact) mass is 318 g/mol. The van der Waals surface area contributed by atoms with E-state index < -0.39 is 6.10 Å². The van der Waals surface area contributed by atoms with Crippen molar-refractivity contribution < 1.29 is 9.84 Å². The van der Waals surface area contributed by atoms with Crippen LogP contribution in [0.2, 0.25) is 0 Å². The van der Waals surface area contributed by atoms with Gasteiger partial charge in [-0.2, -0.15) is 5.10 Å². The fourth-order valence-electron chi connectivity index (χ4n) is 1.69. The van der Waals surface area contributed by atoms with Gasteiger partial charge in [0.25, 0.3) is 0 Å². The molecule has 0 amide bonds. The van der Waals surface area contributed by atoms with Crippen LogP contribution >= 0.6 is 15.9 Å². The molecule has 18 heavy (non-hydrogen) atoms. The van der Waals surface area contributed by atoms with Gasteiger partial charge >= 0.3 is 0 Å². The van der Waals surface area contributed by atoms with E-state index in [2.05, 4.69) is 21.0 Å². The van der Waals surface area contributed by atoms with Crippen molar-refractivity contribution in [1.82, 2.24) is 9.78 Å². The Morgan fingerprint density at radius 3 is 2.56 bits per heavy atom. The summed E-state index contributed by atoms with van der Waals surface area (Å²) < 4.78 is 8.49. The van der Waals surface area contributed by atoms with Gasteiger partial charge in [0.05, 0.1) is 34.2 Å². The first-order valence-electron chi connectivity index (χ1n) is 6.28. The molecule has 1 aromatic rings. The van der Waals surface area contributed by atoms with Gasteiger partial charge in [0.2, 0.25) is 0 Å². The van der Waals surface area contributed by atoms with Gasteiger partial charge in [-0.15, -0.1) is 0 Å². The van der Waals surface area contributed by atoms with E-state index in [-0.39, 0.29) is 5.60 Å². The Bertz CT molecular complexity index is 396. The number of hydrogen-bond donors (Lipinski definition) is 1. The zero-order valence-corrected chi connectivity index (χ0v) is 13.4. The fourth-order valence-corrected chi connectivity index (χ4v) is 2.14. The minimum Gasteiger partial charge on any atom is -0.390 e. The highest BCUT2D eigenvalue weighted by atomic mass is 79.9. The summed E-state index contributed by atoms with van der Waals surface area (Å²) in [5.74, 6) is 0. The van der Waals surface area contributed by atoms with Crippen molar-refractivity contribution in [3.63, 3.8) is 0 Å². The highest BCUT2D eigenvalue weighted by Crippen LogP contribution is 2.22. The first-order valence-corrected chi connectivity index (χ1v) is 7.07. The molecule has 0 bridgehead atoms. The van der Waals surface area contributed by atoms with E-state index in [1.807, 2.05) is 39.3 Å². The number of aliphatic hydroxyl groups excluding tert-OH is 1. The summed E-state index contributed by atoms with van der Waals surface area (Å²) in [5, 5.41) is 14.4. The average molecular weight is 319 g/mol. The summed E-state index contributed by atoms with van der Waals surface area (Å²) in [6.07, 6.45) is 0.0349. The maximum atomic E-state index is 10.0. The van der Waals surface area contributed by atoms with Crippen molar-refractivity contribution in [1.29, 1.82) is 0 Å². The van der Waals surface area contributed by atoms with Crippen molar-refractivity contribution in [2.45, 2.75) is 59.3 Å². The number of rotatable bonds is 5. The van der Waals surface area contributed by atoms with Crippen LogP contribution in [0, 0.1) is 6.92 Å². The van der Waals surface area contributed by atoms with Gasteiger partial charge in [-0.1, -0.05) is 0 Å². The first kappa shape index (κ1) is 15.7. The van der Waals surface area contributed by atoms with E-state index in [0.717, 1.165) is 22.4 Å². The number of aliphatic hydroxyl groups is 1. The van der Waals surface area contributed by atoms with Gasteiger partial charge in [0.15, 0.2) is 0 Å². The van der Waals surface area contributed by atoms with Crippen LogP contribution in [0.15, 0.2) is 4.47 Å². The van der Waals surface area contributed by atoms with Gasteiger partial charge in [-0.05, 0) is 50.5 Å². The number of nitrogens with zero attached hydrogens (tertiary/aromatic N) is 2. The molecule has 5 heteroatoms. The van der Waals surface area contributed by atoms with Crippen LogP contribution in [0.3, 0.4) is 0 Å². The second-order valence-corrected chi connectivity index (χ2v) is 6.24. The topological polar surface area (TPSA) is 47.3 Å². The Kier molecular flexibility index (Phi) is 5.37. The molecule has 1 heterocycles. The predicted octanol–water partition coefficient (Wildman–Crippen LogP) is 2.69. The molecule has 4 nitrogen and oxygen atoms in total. The normalized spacial score (nSPS) is 13.9. The zero-order valence-electron chi connectivity index (χ0n) is 11.8. The van der Waals surface area contributed by atoms with Crippen molar-refractivity contribution in [2.24, 2.45) is 0 Å². The lowest BCUT2D eigenvalue weighted by Gasteiger charge is -2.22. The molecule has 0 aliphatic rings. The lowest BCUT2D eigenvalue weighted by atomic mass is 10.1. The van der Waals surface area contributed by atoms with Gasteiger partial charge < -0.3 is 9.84 Å². The first-order chi connectivity index (χ1) is 8.24. The molecule has 0 aliphatic heterocycles. The summed E-state index contributed by atoms with van der Waals surface area (Å²) in [5.41, 5.74) is 1.76. The third-order valence-electron chi connectivity index (χ3n) is 2.59. The predicted molar refractivity (Wildman–Crippen MR) is 75.8 cm³/mol. The summed E-state index contributed by atoms with van der Waals surface area (Å²) in [7, 11) is 0. The Morgan fingerprint density at radius 1 is 1.44 bits per heavy atom. The quantitative estimate of drug-likeness (QED) is 0.908. The van der Waals surface area contributed by atoms with E-state index >= 15 is 0 Å². The minimum atomic E-state index is -0.512. The maximum absolute atomic E-state index is 10.0. The highest BCUT2D eigenvalue weighted by Gasteiger charge is 2.18. The Balaban J connectivity index is 2.67. The van der Waals surface area contributed by atoms with Crippen LogP contribution in [0.25, 0.3) is 0 Å². The zero-order chi connectivity index (χ0) is 13.9. The Morgan fingerprint density at radius 2 is 2.06 bits per heavy atom. The van der Waals surface area contributed by atoms with E-state index in [1.165, 1.54) is 0 Å². The molecular weight excluding hydrogens is 296 g/mol. The molecule has 104 valence electrons. The highest BCUT2D eigenvalue weighted by molar-refractivity contribution is 9.10. The lowest BCUT2D eigenvalue weighted by Crippen LogP contribution is -2.28. The van der Waals surface area contributed by atoms with Crippen LogP contribution in [-0.4, -0.2) is 33.2 Å². The van der Waals surface area contributed by atoms with E-state index in [4.69, 9.17) is 4.74 Å². The number of aromatic nitrogens is 2. The standard InChI is InChI=1S/C13H23BrN2O2/c1-6-16-11(12(14)9(2)15-16)7-10(17)8-18-13(3,4)5/h10,17H,6-8H2,1-5H3. The number of aryl methyl sites for hydroxylation is 2. The van der Waals surface area contributed by atoms with E-state index in [9.17, 15) is 5.11 Å². The van der Waals surface area contributed by atoms with Crippen LogP contribution in [-0.2, 0) is 17.7 Å². The largest absolute Gasteiger partial charge is 0.390 e. The summed E-state index contributed by atoms with van der Waals surface area (Å²) in [6.45, 7) is 11.1. The molecule has 0 saturated carbocycles. The van der Waals surface area contributed by atoms with Crippen LogP contribution in [0.1, 0.15) is 39.1 Å². The van der Waals surface area contributed by atoms with E-state index in [1.54, 1.807) is 0 Å². The molecule has 0 radical (unpaired) electrons. The molecule has 1 rings (SSSR count). The second-order valence-electron chi connectivity index (χ2n) is 5.44. The third kappa shape index (κ3) is 4.37. The van der Waals surface area contributed by atoms with Gasteiger partial charge in [-0.3, -0.25) is 4.68 Å². The Labute approximate surface area is 117 Å². The molecule has 0 saturated heterocycles. The molecule has 0 aliphatic carbocycles. The van der Waals surface area contributed by atoms with Crippen LogP contribution < -0.4 is 0 Å². The Hall–Kier alpha value is -0.390. The molecular formula is C13H23BrN2O2. The molecule has 1 atom stereocenters. The molecule has 0 fully saturated rings. The molecule has 1 N–H and O–H groups in total. The fraction of sp³-hybridized carbons (Fsp3) is 0.769. The molecule has 0 spiro atoms. The molecule has 1 unspecified atom stereocenters. The lowest BCUT2D eigenvalue weighted by molar-refractivity contribution is -0.0486. The third-order valence-corrected chi connectivity index (χ3v) is 3.62. The summed E-state index contributed by atoms with van der Waals surface area (Å²) >= 11 is 3.53. The van der Waals surface area contributed by atoms with Crippen molar-refractivity contribution in [3.05, 3.63) is 15.9 Å². The summed E-state index contributed by atoms with van der Waals surface area (Å²) in [6, 6.07) is 0. The SMILES string of the molecule is CCn1nc(C)c(Br)c1CC(O)COC(C)(C)C. The smallest absolute Gasteiger partial charge is 0.0829 e. The van der Waals surface area contributed by atoms with Crippen LogP contribution in [0.5, 0.6) is 0 Å². The van der Waals surface area contributed by atoms with Crippen LogP contribution in [0.4, 0.5) is 0 Å². The molecule has 0 aromatic carbocycles. The van der Waals surface area contributed by atoms with Gasteiger partial charge in [0.1, 0.15) is 0 Å². The maximum Gasteiger partial charge on any atom is 0.0829 e. The minimum absolute atomic E-state index is 0.223. The van der Waals surface area contributed by atoms with Crippen molar-refractivity contribution >= 4 is 15.9 Å². The van der Waals surface area contributed by atoms with E-state index in [0.29, 0.717) is 13.0 Å².